The molecule has 3 heteroatoms. The predicted octanol–water partition coefficient (Wildman–Crippen LogP) is 1.24. The Hall–Kier alpha value is -1.06. The second kappa shape index (κ2) is 3.98. The Morgan fingerprint density at radius 1 is 1.50 bits per heavy atom. The van der Waals surface area contributed by atoms with Gasteiger partial charge in [-0.3, -0.25) is 0 Å². The molecule has 1 aliphatic heterocycles. The average Bonchev–Trinajstić information content (AvgIpc) is 2.23. The molecule has 14 heavy (non-hydrogen) atoms. The first kappa shape index (κ1) is 9.49. The fraction of sp³-hybridized carbons (Fsp3) is 0.455. The minimum atomic E-state index is 0.298. The van der Waals surface area contributed by atoms with Crippen LogP contribution in [0.1, 0.15) is 17.2 Å². The summed E-state index contributed by atoms with van der Waals surface area (Å²) in [7, 11) is 0. The maximum Gasteiger partial charge on any atom is 0.0662 e. The zero-order valence-electron chi connectivity index (χ0n) is 8.42. The van der Waals surface area contributed by atoms with Crippen LogP contribution in [0.5, 0.6) is 0 Å². The molecule has 0 aliphatic carbocycles. The summed E-state index contributed by atoms with van der Waals surface area (Å²) in [6.45, 7) is 4.52. The lowest BCUT2D eigenvalue weighted by atomic mass is 10.00. The normalized spacial score (nSPS) is 22.2. The molecule has 1 heterocycles. The standard InChI is InChI=1S/C11H16N2O/c1-8-9(3-2-4-10(8)12)11-7-14-6-5-13-11/h2-4,11,13H,5-7,12H2,1H3. The van der Waals surface area contributed by atoms with Crippen molar-refractivity contribution in [2.24, 2.45) is 0 Å². The second-order valence-corrected chi connectivity index (χ2v) is 3.64. The summed E-state index contributed by atoms with van der Waals surface area (Å²) in [6.07, 6.45) is 0. The van der Waals surface area contributed by atoms with Gasteiger partial charge in [0.05, 0.1) is 19.3 Å². The van der Waals surface area contributed by atoms with Gasteiger partial charge in [0.1, 0.15) is 0 Å². The summed E-state index contributed by atoms with van der Waals surface area (Å²) in [5.74, 6) is 0. The third-order valence-corrected chi connectivity index (χ3v) is 2.71. The van der Waals surface area contributed by atoms with Crippen LogP contribution < -0.4 is 11.1 Å². The van der Waals surface area contributed by atoms with E-state index in [4.69, 9.17) is 10.5 Å². The Labute approximate surface area is 84.3 Å². The Morgan fingerprint density at radius 2 is 2.36 bits per heavy atom. The predicted molar refractivity (Wildman–Crippen MR) is 57.2 cm³/mol. The third kappa shape index (κ3) is 1.74. The molecule has 2 rings (SSSR count). The number of nitrogens with one attached hydrogen (secondary N) is 1. The molecule has 1 fully saturated rings. The van der Waals surface area contributed by atoms with E-state index in [1.807, 2.05) is 12.1 Å². The number of benzene rings is 1. The number of ether oxygens (including phenoxy) is 1. The van der Waals surface area contributed by atoms with Crippen molar-refractivity contribution in [1.82, 2.24) is 5.32 Å². The topological polar surface area (TPSA) is 47.3 Å². The van der Waals surface area contributed by atoms with Gasteiger partial charge in [0, 0.05) is 12.2 Å². The van der Waals surface area contributed by atoms with E-state index >= 15 is 0 Å². The van der Waals surface area contributed by atoms with Crippen molar-refractivity contribution >= 4 is 5.69 Å². The first-order valence-electron chi connectivity index (χ1n) is 4.95. The summed E-state index contributed by atoms with van der Waals surface area (Å²) < 4.78 is 5.43. The number of anilines is 1. The summed E-state index contributed by atoms with van der Waals surface area (Å²) >= 11 is 0. The lowest BCUT2D eigenvalue weighted by Crippen LogP contribution is -2.35. The molecule has 1 aromatic carbocycles. The molecular weight excluding hydrogens is 176 g/mol. The largest absolute Gasteiger partial charge is 0.399 e. The smallest absolute Gasteiger partial charge is 0.0662 e. The van der Waals surface area contributed by atoms with E-state index < -0.39 is 0 Å². The molecule has 0 bridgehead atoms. The van der Waals surface area contributed by atoms with Crippen LogP contribution in [0.2, 0.25) is 0 Å². The van der Waals surface area contributed by atoms with Gasteiger partial charge in [0.25, 0.3) is 0 Å². The van der Waals surface area contributed by atoms with Crippen molar-refractivity contribution in [3.8, 4) is 0 Å². The highest BCUT2D eigenvalue weighted by Gasteiger charge is 2.17. The second-order valence-electron chi connectivity index (χ2n) is 3.64. The van der Waals surface area contributed by atoms with Gasteiger partial charge in [0.15, 0.2) is 0 Å². The molecule has 0 radical (unpaired) electrons. The Morgan fingerprint density at radius 3 is 3.07 bits per heavy atom. The van der Waals surface area contributed by atoms with Crippen molar-refractivity contribution in [2.75, 3.05) is 25.5 Å². The van der Waals surface area contributed by atoms with Gasteiger partial charge in [-0.05, 0) is 24.1 Å². The van der Waals surface area contributed by atoms with E-state index in [1.165, 1.54) is 5.56 Å². The molecule has 1 aliphatic rings. The van der Waals surface area contributed by atoms with Crippen LogP contribution in [0.25, 0.3) is 0 Å². The van der Waals surface area contributed by atoms with Crippen molar-refractivity contribution < 1.29 is 4.74 Å². The molecule has 0 amide bonds. The van der Waals surface area contributed by atoms with Crippen molar-refractivity contribution in [3.63, 3.8) is 0 Å². The minimum Gasteiger partial charge on any atom is -0.399 e. The van der Waals surface area contributed by atoms with Crippen molar-refractivity contribution in [1.29, 1.82) is 0 Å². The van der Waals surface area contributed by atoms with Gasteiger partial charge in [-0.1, -0.05) is 12.1 Å². The lowest BCUT2D eigenvalue weighted by Gasteiger charge is -2.25. The molecule has 1 unspecified atom stereocenters. The summed E-state index contributed by atoms with van der Waals surface area (Å²) in [5, 5.41) is 3.42. The molecule has 1 saturated heterocycles. The van der Waals surface area contributed by atoms with Gasteiger partial charge < -0.3 is 15.8 Å². The van der Waals surface area contributed by atoms with Crippen LogP contribution in [-0.2, 0) is 4.74 Å². The fourth-order valence-corrected chi connectivity index (χ4v) is 1.81. The van der Waals surface area contributed by atoms with E-state index in [0.717, 1.165) is 31.0 Å². The maximum atomic E-state index is 5.86. The molecular formula is C11H16N2O. The summed E-state index contributed by atoms with van der Waals surface area (Å²) in [4.78, 5) is 0. The quantitative estimate of drug-likeness (QED) is 0.658. The number of hydrogen-bond acceptors (Lipinski definition) is 3. The summed E-state index contributed by atoms with van der Waals surface area (Å²) in [5.41, 5.74) is 9.13. The first-order chi connectivity index (χ1) is 6.79. The van der Waals surface area contributed by atoms with E-state index in [1.54, 1.807) is 0 Å². The van der Waals surface area contributed by atoms with Crippen molar-refractivity contribution in [2.45, 2.75) is 13.0 Å². The number of nitrogen functional groups attached to an aromatic ring is 1. The molecule has 3 N–H and O–H groups in total. The highest BCUT2D eigenvalue weighted by molar-refractivity contribution is 5.51. The van der Waals surface area contributed by atoms with E-state index in [9.17, 15) is 0 Å². The fourth-order valence-electron chi connectivity index (χ4n) is 1.81. The first-order valence-corrected chi connectivity index (χ1v) is 4.95. The molecule has 1 atom stereocenters. The van der Waals surface area contributed by atoms with Crippen LogP contribution in [0, 0.1) is 6.92 Å². The Balaban J connectivity index is 2.26. The maximum absolute atomic E-state index is 5.86. The monoisotopic (exact) mass is 192 g/mol. The highest BCUT2D eigenvalue weighted by Crippen LogP contribution is 2.23. The Bertz CT molecular complexity index is 319. The van der Waals surface area contributed by atoms with Gasteiger partial charge in [-0.2, -0.15) is 0 Å². The lowest BCUT2D eigenvalue weighted by molar-refractivity contribution is 0.0767. The molecule has 0 saturated carbocycles. The van der Waals surface area contributed by atoms with E-state index in [2.05, 4.69) is 18.3 Å². The number of hydrogen-bond donors (Lipinski definition) is 2. The Kier molecular flexibility index (Phi) is 2.70. The van der Waals surface area contributed by atoms with E-state index in [-0.39, 0.29) is 0 Å². The molecule has 1 aromatic rings. The van der Waals surface area contributed by atoms with Gasteiger partial charge >= 0.3 is 0 Å². The van der Waals surface area contributed by atoms with Crippen LogP contribution in [-0.4, -0.2) is 19.8 Å². The van der Waals surface area contributed by atoms with Gasteiger partial charge in [0.2, 0.25) is 0 Å². The van der Waals surface area contributed by atoms with Crippen LogP contribution >= 0.6 is 0 Å². The number of nitrogens with two attached hydrogens (primary N) is 1. The van der Waals surface area contributed by atoms with Gasteiger partial charge in [-0.15, -0.1) is 0 Å². The van der Waals surface area contributed by atoms with Crippen LogP contribution in [0.15, 0.2) is 18.2 Å². The zero-order chi connectivity index (χ0) is 9.97. The zero-order valence-corrected chi connectivity index (χ0v) is 8.42. The van der Waals surface area contributed by atoms with Crippen molar-refractivity contribution in [3.05, 3.63) is 29.3 Å². The molecule has 3 nitrogen and oxygen atoms in total. The number of rotatable bonds is 1. The number of morpholine rings is 1. The van der Waals surface area contributed by atoms with Gasteiger partial charge in [-0.25, -0.2) is 0 Å². The molecule has 76 valence electrons. The highest BCUT2D eigenvalue weighted by atomic mass is 16.5. The SMILES string of the molecule is Cc1c(N)cccc1C1COCCN1. The third-order valence-electron chi connectivity index (χ3n) is 2.71. The average molecular weight is 192 g/mol. The van der Waals surface area contributed by atoms with E-state index in [0.29, 0.717) is 6.04 Å². The molecule has 0 aromatic heterocycles. The van der Waals surface area contributed by atoms with Crippen LogP contribution in [0.3, 0.4) is 0 Å². The molecule has 0 spiro atoms. The van der Waals surface area contributed by atoms with Crippen LogP contribution in [0.4, 0.5) is 5.69 Å². The summed E-state index contributed by atoms with van der Waals surface area (Å²) in [6, 6.07) is 6.33. The minimum absolute atomic E-state index is 0.298.